The molecule has 3 heteroatoms. The fourth-order valence-electron chi connectivity index (χ4n) is 2.35. The fraction of sp³-hybridized carbons (Fsp3) is 0.429. The highest BCUT2D eigenvalue weighted by molar-refractivity contribution is 6.32. The lowest BCUT2D eigenvalue weighted by Gasteiger charge is -2.08. The summed E-state index contributed by atoms with van der Waals surface area (Å²) in [5, 5.41) is 11.2. The Morgan fingerprint density at radius 2 is 2.00 bits per heavy atom. The normalized spacial score (nSPS) is 11.4. The summed E-state index contributed by atoms with van der Waals surface area (Å²) >= 11 is 6.36. The van der Waals surface area contributed by atoms with Crippen molar-refractivity contribution in [2.45, 2.75) is 40.3 Å². The average molecular weight is 252 g/mol. The zero-order chi connectivity index (χ0) is 12.6. The first-order chi connectivity index (χ1) is 8.11. The summed E-state index contributed by atoms with van der Waals surface area (Å²) in [5.74, 6) is 0. The Morgan fingerprint density at radius 3 is 2.59 bits per heavy atom. The standard InChI is InChI=1S/C14H18ClNO/c1-4-7-16-13-10(3)9(2)5-6-11(13)12(8-17)14(16)15/h5-6,17H,4,7-8H2,1-3H3. The summed E-state index contributed by atoms with van der Waals surface area (Å²) < 4.78 is 2.12. The van der Waals surface area contributed by atoms with Crippen LogP contribution in [0.15, 0.2) is 12.1 Å². The Balaban J connectivity index is 2.86. The predicted molar refractivity (Wildman–Crippen MR) is 72.6 cm³/mol. The van der Waals surface area contributed by atoms with Crippen LogP contribution in [-0.4, -0.2) is 9.67 Å². The second-order valence-electron chi connectivity index (χ2n) is 4.48. The van der Waals surface area contributed by atoms with Crippen LogP contribution in [0.5, 0.6) is 0 Å². The number of nitrogens with zero attached hydrogens (tertiary/aromatic N) is 1. The van der Waals surface area contributed by atoms with E-state index in [0.717, 1.165) is 23.9 Å². The number of fused-ring (bicyclic) bond motifs is 1. The molecule has 0 spiro atoms. The van der Waals surface area contributed by atoms with Crippen LogP contribution in [0.2, 0.25) is 5.15 Å². The van der Waals surface area contributed by atoms with E-state index >= 15 is 0 Å². The van der Waals surface area contributed by atoms with E-state index in [1.165, 1.54) is 16.6 Å². The Bertz CT molecular complexity index is 557. The van der Waals surface area contributed by atoms with E-state index in [1.807, 2.05) is 0 Å². The summed E-state index contributed by atoms with van der Waals surface area (Å²) in [4.78, 5) is 0. The first-order valence-electron chi connectivity index (χ1n) is 5.99. The summed E-state index contributed by atoms with van der Waals surface area (Å²) in [7, 11) is 0. The van der Waals surface area contributed by atoms with Crippen LogP contribution >= 0.6 is 11.6 Å². The second-order valence-corrected chi connectivity index (χ2v) is 4.84. The molecule has 1 aromatic heterocycles. The maximum atomic E-state index is 9.46. The second kappa shape index (κ2) is 4.71. The van der Waals surface area contributed by atoms with Gasteiger partial charge in [0.1, 0.15) is 5.15 Å². The lowest BCUT2D eigenvalue weighted by molar-refractivity contribution is 0.283. The van der Waals surface area contributed by atoms with Crippen LogP contribution < -0.4 is 0 Å². The molecule has 0 saturated heterocycles. The van der Waals surface area contributed by atoms with Crippen LogP contribution in [-0.2, 0) is 13.2 Å². The molecule has 0 bridgehead atoms. The SMILES string of the molecule is CCCn1c(Cl)c(CO)c2ccc(C)c(C)c21. The molecule has 1 N–H and O–H groups in total. The molecule has 1 aromatic carbocycles. The van der Waals surface area contributed by atoms with Crippen molar-refractivity contribution in [2.24, 2.45) is 0 Å². The van der Waals surface area contributed by atoms with E-state index in [-0.39, 0.29) is 6.61 Å². The largest absolute Gasteiger partial charge is 0.392 e. The van der Waals surface area contributed by atoms with Gasteiger partial charge in [-0.3, -0.25) is 0 Å². The van der Waals surface area contributed by atoms with Gasteiger partial charge < -0.3 is 9.67 Å². The molecule has 0 atom stereocenters. The number of hydrogen-bond acceptors (Lipinski definition) is 1. The van der Waals surface area contributed by atoms with Crippen molar-refractivity contribution in [1.82, 2.24) is 4.57 Å². The molecular weight excluding hydrogens is 234 g/mol. The topological polar surface area (TPSA) is 25.2 Å². The molecule has 0 radical (unpaired) electrons. The highest BCUT2D eigenvalue weighted by Gasteiger charge is 2.16. The van der Waals surface area contributed by atoms with Crippen LogP contribution in [0.25, 0.3) is 10.9 Å². The fourth-order valence-corrected chi connectivity index (χ4v) is 2.68. The predicted octanol–water partition coefficient (Wildman–Crippen LogP) is 3.81. The highest BCUT2D eigenvalue weighted by Crippen LogP contribution is 2.33. The van der Waals surface area contributed by atoms with E-state index in [9.17, 15) is 5.11 Å². The molecule has 0 saturated carbocycles. The van der Waals surface area contributed by atoms with Crippen LogP contribution in [0.3, 0.4) is 0 Å². The monoisotopic (exact) mass is 251 g/mol. The van der Waals surface area contributed by atoms with Gasteiger partial charge in [-0.2, -0.15) is 0 Å². The molecule has 92 valence electrons. The van der Waals surface area contributed by atoms with Crippen molar-refractivity contribution < 1.29 is 5.11 Å². The van der Waals surface area contributed by atoms with Gasteiger partial charge in [0.2, 0.25) is 0 Å². The number of aliphatic hydroxyl groups is 1. The molecule has 0 aliphatic rings. The van der Waals surface area contributed by atoms with Gasteiger partial charge in [-0.1, -0.05) is 30.7 Å². The van der Waals surface area contributed by atoms with Gasteiger partial charge in [0, 0.05) is 17.5 Å². The quantitative estimate of drug-likeness (QED) is 0.882. The molecule has 0 fully saturated rings. The van der Waals surface area contributed by atoms with Gasteiger partial charge in [0.05, 0.1) is 12.1 Å². The molecule has 0 unspecified atom stereocenters. The molecule has 2 aromatic rings. The number of aromatic nitrogens is 1. The molecule has 17 heavy (non-hydrogen) atoms. The first kappa shape index (κ1) is 12.5. The van der Waals surface area contributed by atoms with Gasteiger partial charge >= 0.3 is 0 Å². The van der Waals surface area contributed by atoms with Crippen molar-refractivity contribution in [3.63, 3.8) is 0 Å². The molecule has 0 aliphatic heterocycles. The molecule has 0 amide bonds. The van der Waals surface area contributed by atoms with Crippen molar-refractivity contribution in [2.75, 3.05) is 0 Å². The Morgan fingerprint density at radius 1 is 1.29 bits per heavy atom. The van der Waals surface area contributed by atoms with Gasteiger partial charge in [0.15, 0.2) is 0 Å². The molecule has 2 nitrogen and oxygen atoms in total. The minimum atomic E-state index is -0.00541. The van der Waals surface area contributed by atoms with Crippen molar-refractivity contribution in [3.05, 3.63) is 34.0 Å². The van der Waals surface area contributed by atoms with Crippen molar-refractivity contribution >= 4 is 22.5 Å². The molecule has 2 rings (SSSR count). The molecule has 0 aliphatic carbocycles. The molecular formula is C14H18ClNO. The number of benzene rings is 1. The van der Waals surface area contributed by atoms with Crippen LogP contribution in [0.1, 0.15) is 30.0 Å². The lowest BCUT2D eigenvalue weighted by atomic mass is 10.0. The number of aliphatic hydroxyl groups excluding tert-OH is 1. The van der Waals surface area contributed by atoms with E-state index < -0.39 is 0 Å². The van der Waals surface area contributed by atoms with Gasteiger partial charge in [-0.15, -0.1) is 0 Å². The number of aryl methyl sites for hydroxylation is 3. The summed E-state index contributed by atoms with van der Waals surface area (Å²) in [6, 6.07) is 4.14. The lowest BCUT2D eigenvalue weighted by Crippen LogP contribution is -1.98. The van der Waals surface area contributed by atoms with E-state index in [1.54, 1.807) is 0 Å². The van der Waals surface area contributed by atoms with Crippen molar-refractivity contribution in [1.29, 1.82) is 0 Å². The number of halogens is 1. The minimum absolute atomic E-state index is 0.00541. The van der Waals surface area contributed by atoms with Gasteiger partial charge in [-0.05, 0) is 31.4 Å². The van der Waals surface area contributed by atoms with Crippen LogP contribution in [0, 0.1) is 13.8 Å². The maximum absolute atomic E-state index is 9.46. The van der Waals surface area contributed by atoms with Crippen LogP contribution in [0.4, 0.5) is 0 Å². The van der Waals surface area contributed by atoms with E-state index in [0.29, 0.717) is 5.15 Å². The van der Waals surface area contributed by atoms with E-state index in [4.69, 9.17) is 11.6 Å². The zero-order valence-corrected chi connectivity index (χ0v) is 11.3. The Kier molecular flexibility index (Phi) is 3.45. The number of rotatable bonds is 3. The van der Waals surface area contributed by atoms with Crippen molar-refractivity contribution in [3.8, 4) is 0 Å². The summed E-state index contributed by atoms with van der Waals surface area (Å²) in [5.41, 5.74) is 4.52. The zero-order valence-electron chi connectivity index (χ0n) is 10.5. The first-order valence-corrected chi connectivity index (χ1v) is 6.37. The third kappa shape index (κ3) is 1.85. The smallest absolute Gasteiger partial charge is 0.115 e. The van der Waals surface area contributed by atoms with Gasteiger partial charge in [0.25, 0.3) is 0 Å². The highest BCUT2D eigenvalue weighted by atomic mass is 35.5. The summed E-state index contributed by atoms with van der Waals surface area (Å²) in [6.45, 7) is 7.23. The van der Waals surface area contributed by atoms with E-state index in [2.05, 4.69) is 37.5 Å². The Hall–Kier alpha value is -0.990. The third-order valence-corrected chi connectivity index (χ3v) is 3.82. The number of hydrogen-bond donors (Lipinski definition) is 1. The summed E-state index contributed by atoms with van der Waals surface area (Å²) in [6.07, 6.45) is 1.03. The maximum Gasteiger partial charge on any atom is 0.115 e. The Labute approximate surface area is 107 Å². The third-order valence-electron chi connectivity index (χ3n) is 3.39. The average Bonchev–Trinajstić information content (AvgIpc) is 2.58. The minimum Gasteiger partial charge on any atom is -0.392 e. The van der Waals surface area contributed by atoms with Gasteiger partial charge in [-0.25, -0.2) is 0 Å². The molecule has 1 heterocycles.